The fraction of sp³-hybridized carbons (Fsp3) is 0.408. The summed E-state index contributed by atoms with van der Waals surface area (Å²) in [5, 5.41) is 17.7. The first-order chi connectivity index (χ1) is 32.2. The summed E-state index contributed by atoms with van der Waals surface area (Å²) in [7, 11) is 3.30. The normalized spacial score (nSPS) is 21.5. The lowest BCUT2D eigenvalue weighted by molar-refractivity contribution is -0.137. The number of anilines is 1. The number of piperidine rings is 2. The van der Waals surface area contributed by atoms with Gasteiger partial charge in [0.2, 0.25) is 11.8 Å². The number of methoxy groups -OCH3 is 1. The maximum absolute atomic E-state index is 16.0. The van der Waals surface area contributed by atoms with Crippen LogP contribution >= 0.6 is 0 Å². The Balaban J connectivity index is 0.807. The van der Waals surface area contributed by atoms with Gasteiger partial charge in [-0.2, -0.15) is 10.4 Å². The van der Waals surface area contributed by atoms with Gasteiger partial charge in [-0.1, -0.05) is 18.2 Å². The van der Waals surface area contributed by atoms with Crippen molar-refractivity contribution in [2.45, 2.75) is 69.5 Å². The Kier molecular flexibility index (Phi) is 12.2. The Labute approximate surface area is 386 Å². The molecular formula is C49H51F2N9O7. The van der Waals surface area contributed by atoms with E-state index >= 15 is 8.78 Å². The molecule has 18 heteroatoms. The van der Waals surface area contributed by atoms with Gasteiger partial charge in [0.05, 0.1) is 72.6 Å². The van der Waals surface area contributed by atoms with Crippen molar-refractivity contribution in [3.05, 3.63) is 101 Å². The molecule has 16 nitrogen and oxygen atoms in total. The van der Waals surface area contributed by atoms with Crippen molar-refractivity contribution in [3.8, 4) is 29.1 Å². The van der Waals surface area contributed by atoms with Gasteiger partial charge in [0.25, 0.3) is 17.7 Å². The second-order valence-corrected chi connectivity index (χ2v) is 17.7. The molecule has 3 aromatic carbocycles. The summed E-state index contributed by atoms with van der Waals surface area (Å²) < 4.78 is 51.1. The van der Waals surface area contributed by atoms with E-state index in [1.807, 2.05) is 59.2 Å². The lowest BCUT2D eigenvalue weighted by Crippen LogP contribution is -2.61. The molecule has 67 heavy (non-hydrogen) atoms. The number of aryl methyl sites for hydroxylation is 1. The SMILES string of the molecule is CCOc1cc([C@@H](CC#N)N2C(=O)c3ccnc(N4CCN([C@@H]5CCN(Cc6ccc(Oc7ccc8c([C@@]9(C)CCC(=O)NC9=O)nn(C)c8c7)cc6)CC5(F)F)CC4)c3C2=O)ccc1OC. The topological polar surface area (TPSA) is 175 Å². The number of nitriles is 1. The van der Waals surface area contributed by atoms with Crippen LogP contribution in [-0.2, 0) is 28.6 Å². The molecule has 0 radical (unpaired) electrons. The predicted molar refractivity (Wildman–Crippen MR) is 241 cm³/mol. The number of halogens is 2. The van der Waals surface area contributed by atoms with E-state index in [-0.39, 0.29) is 42.2 Å². The number of rotatable bonds is 13. The number of hydrogen-bond donors (Lipinski definition) is 1. The zero-order valence-electron chi connectivity index (χ0n) is 37.8. The van der Waals surface area contributed by atoms with Gasteiger partial charge in [0, 0.05) is 70.4 Å². The van der Waals surface area contributed by atoms with E-state index in [9.17, 15) is 24.4 Å². The molecular weight excluding hydrogens is 865 g/mol. The van der Waals surface area contributed by atoms with Gasteiger partial charge >= 0.3 is 0 Å². The average molecular weight is 916 g/mol. The fourth-order valence-electron chi connectivity index (χ4n) is 9.94. The minimum atomic E-state index is -2.99. The Hall–Kier alpha value is -6.97. The number of nitrogens with zero attached hydrogens (tertiary/aromatic N) is 8. The Morgan fingerprint density at radius 1 is 0.940 bits per heavy atom. The van der Waals surface area contributed by atoms with E-state index in [1.54, 1.807) is 41.8 Å². The van der Waals surface area contributed by atoms with Crippen molar-refractivity contribution >= 4 is 40.3 Å². The maximum atomic E-state index is 16.0. The molecule has 0 saturated carbocycles. The van der Waals surface area contributed by atoms with E-state index < -0.39 is 41.8 Å². The van der Waals surface area contributed by atoms with Crippen LogP contribution in [0.2, 0.25) is 0 Å². The summed E-state index contributed by atoms with van der Waals surface area (Å²) in [6, 6.07) is 19.7. The van der Waals surface area contributed by atoms with E-state index in [1.165, 1.54) is 19.4 Å². The number of benzene rings is 3. The highest BCUT2D eigenvalue weighted by Gasteiger charge is 2.49. The fourth-order valence-corrected chi connectivity index (χ4v) is 9.94. The number of likely N-dealkylation sites (tertiary alicyclic amines) is 1. The van der Waals surface area contributed by atoms with E-state index in [2.05, 4.69) is 21.5 Å². The van der Waals surface area contributed by atoms with Crippen molar-refractivity contribution in [3.63, 3.8) is 0 Å². The van der Waals surface area contributed by atoms with Gasteiger partial charge < -0.3 is 19.1 Å². The van der Waals surface area contributed by atoms with E-state index in [4.69, 9.17) is 14.2 Å². The largest absolute Gasteiger partial charge is 0.493 e. The molecule has 3 saturated heterocycles. The van der Waals surface area contributed by atoms with Crippen LogP contribution in [0.4, 0.5) is 14.6 Å². The molecule has 4 aliphatic rings. The Morgan fingerprint density at radius 3 is 2.40 bits per heavy atom. The molecule has 1 N–H and O–H groups in total. The molecule has 4 amide bonds. The van der Waals surface area contributed by atoms with Crippen molar-refractivity contribution in [2.75, 3.05) is 57.9 Å². The highest BCUT2D eigenvalue weighted by Crippen LogP contribution is 2.41. The standard InChI is InChI=1S/C49H51F2N9O7/c1-5-66-39-26-31(8-13-38(39)65-4)36(15-19-52)60-45(62)35-16-20-53-44(42(35)46(60)63)59-24-22-58(23-25-59)40-17-21-57(29-49(40,50)51)28-30-6-9-32(10-7-30)67-33-11-12-34-37(27-33)56(3)55-43(34)48(2)18-14-41(61)54-47(48)64/h6-13,16,20,26-27,36,40H,5,14-15,17-18,21-25,28-29H2,1-4H3,(H,54,61,64)/t36-,40-,48-/m1/s1. The second kappa shape index (κ2) is 18.0. The molecule has 0 unspecified atom stereocenters. The van der Waals surface area contributed by atoms with Crippen molar-refractivity contribution in [2.24, 2.45) is 7.05 Å². The summed E-state index contributed by atoms with van der Waals surface area (Å²) in [6.45, 7) is 5.68. The highest BCUT2D eigenvalue weighted by molar-refractivity contribution is 6.23. The van der Waals surface area contributed by atoms with Crippen LogP contribution in [0.25, 0.3) is 10.9 Å². The number of imide groups is 2. The lowest BCUT2D eigenvalue weighted by atomic mass is 9.77. The maximum Gasteiger partial charge on any atom is 0.275 e. The summed E-state index contributed by atoms with van der Waals surface area (Å²) in [5.41, 5.74) is 2.16. The van der Waals surface area contributed by atoms with Gasteiger partial charge in [-0.3, -0.25) is 43.9 Å². The van der Waals surface area contributed by atoms with Gasteiger partial charge in [-0.25, -0.2) is 13.8 Å². The zero-order chi connectivity index (χ0) is 47.2. The van der Waals surface area contributed by atoms with Crippen molar-refractivity contribution < 1.29 is 42.2 Å². The number of ether oxygens (including phenoxy) is 3. The minimum Gasteiger partial charge on any atom is -0.493 e. The lowest BCUT2D eigenvalue weighted by Gasteiger charge is -2.46. The number of amides is 4. The Bertz CT molecular complexity index is 2800. The molecule has 348 valence electrons. The molecule has 4 aliphatic heterocycles. The third-order valence-electron chi connectivity index (χ3n) is 13.5. The van der Waals surface area contributed by atoms with Crippen LogP contribution < -0.4 is 24.4 Å². The first-order valence-electron chi connectivity index (χ1n) is 22.4. The number of piperazine rings is 1. The second-order valence-electron chi connectivity index (χ2n) is 17.7. The number of fused-ring (bicyclic) bond motifs is 2. The first-order valence-corrected chi connectivity index (χ1v) is 22.4. The van der Waals surface area contributed by atoms with Gasteiger partial charge in [0.15, 0.2) is 11.5 Å². The monoisotopic (exact) mass is 915 g/mol. The third-order valence-corrected chi connectivity index (χ3v) is 13.5. The number of aromatic nitrogens is 3. The smallest absolute Gasteiger partial charge is 0.275 e. The third kappa shape index (κ3) is 8.42. The van der Waals surface area contributed by atoms with Crippen LogP contribution in [0.5, 0.6) is 23.0 Å². The molecule has 9 rings (SSSR count). The van der Waals surface area contributed by atoms with Crippen LogP contribution in [0.1, 0.15) is 83.1 Å². The Morgan fingerprint density at radius 2 is 1.70 bits per heavy atom. The summed E-state index contributed by atoms with van der Waals surface area (Å²) in [6.07, 6.45) is 2.20. The molecule has 6 heterocycles. The summed E-state index contributed by atoms with van der Waals surface area (Å²) >= 11 is 0. The van der Waals surface area contributed by atoms with Crippen molar-refractivity contribution in [1.82, 2.24) is 34.8 Å². The molecule has 3 fully saturated rings. The number of pyridine rings is 1. The number of hydrogen-bond acceptors (Lipinski definition) is 13. The van der Waals surface area contributed by atoms with Crippen LogP contribution in [0.15, 0.2) is 72.9 Å². The summed E-state index contributed by atoms with van der Waals surface area (Å²) in [5.74, 6) is -2.39. The van der Waals surface area contributed by atoms with E-state index in [0.29, 0.717) is 92.4 Å². The predicted octanol–water partition coefficient (Wildman–Crippen LogP) is 6.14. The number of carbonyl (C=O) groups is 4. The quantitative estimate of drug-likeness (QED) is 0.134. The first kappa shape index (κ1) is 45.2. The molecule has 0 bridgehead atoms. The van der Waals surface area contributed by atoms with Crippen LogP contribution in [-0.4, -0.2) is 118 Å². The molecule has 2 aromatic heterocycles. The zero-order valence-corrected chi connectivity index (χ0v) is 37.8. The molecule has 0 spiro atoms. The van der Waals surface area contributed by atoms with Crippen LogP contribution in [0, 0.1) is 11.3 Å². The molecule has 0 aliphatic carbocycles. The average Bonchev–Trinajstić information content (AvgIpc) is 3.78. The summed E-state index contributed by atoms with van der Waals surface area (Å²) in [4.78, 5) is 63.9. The van der Waals surface area contributed by atoms with Crippen molar-refractivity contribution in [1.29, 1.82) is 5.26 Å². The molecule has 3 atom stereocenters. The van der Waals surface area contributed by atoms with E-state index in [0.717, 1.165) is 21.4 Å². The van der Waals surface area contributed by atoms with Crippen LogP contribution in [0.3, 0.4) is 0 Å². The van der Waals surface area contributed by atoms with Gasteiger partial charge in [0.1, 0.15) is 17.3 Å². The number of nitrogens with one attached hydrogen (secondary N) is 1. The minimum absolute atomic E-state index is 0.142. The number of carbonyl (C=O) groups excluding carboxylic acids is 4. The van der Waals surface area contributed by atoms with Gasteiger partial charge in [-0.05, 0) is 80.3 Å². The highest BCUT2D eigenvalue weighted by atomic mass is 19.3. The number of alkyl halides is 2. The van der Waals surface area contributed by atoms with Gasteiger partial charge in [-0.15, -0.1) is 0 Å². The molecule has 5 aromatic rings.